The summed E-state index contributed by atoms with van der Waals surface area (Å²) in [5.41, 5.74) is 7.72. The van der Waals surface area contributed by atoms with Gasteiger partial charge in [-0.3, -0.25) is 9.59 Å². The van der Waals surface area contributed by atoms with E-state index in [0.29, 0.717) is 6.42 Å². The first-order chi connectivity index (χ1) is 13.0. The molecule has 0 spiro atoms. The number of carbonyl (C=O) groups is 3. The zero-order valence-electron chi connectivity index (χ0n) is 15.7. The number of hydrogen-bond donors (Lipinski definition) is 2. The molecule has 6 nitrogen and oxygen atoms in total. The molecule has 1 amide bonds. The van der Waals surface area contributed by atoms with E-state index in [1.54, 1.807) is 0 Å². The van der Waals surface area contributed by atoms with Crippen molar-refractivity contribution in [2.45, 2.75) is 31.3 Å². The number of ether oxygens (including phenoxy) is 1. The number of hydrogen-bond acceptors (Lipinski definition) is 5. The molecule has 0 saturated carbocycles. The first-order valence-electron chi connectivity index (χ1n) is 8.73. The summed E-state index contributed by atoms with van der Waals surface area (Å²) in [6, 6.07) is 17.0. The number of nitrogens with two attached hydrogens (primary N) is 1. The van der Waals surface area contributed by atoms with Gasteiger partial charge in [-0.1, -0.05) is 60.7 Å². The number of nitrogens with one attached hydrogen (secondary N) is 1. The zero-order chi connectivity index (χ0) is 19.6. The van der Waals surface area contributed by atoms with Crippen LogP contribution in [0.3, 0.4) is 0 Å². The molecule has 2 rings (SSSR count). The van der Waals surface area contributed by atoms with Crippen LogP contribution in [0.5, 0.6) is 0 Å². The number of carbonyl (C=O) groups excluding carboxylic acids is 3. The van der Waals surface area contributed by atoms with Gasteiger partial charge in [-0.25, -0.2) is 4.79 Å². The Labute approximate surface area is 170 Å². The lowest BCUT2D eigenvalue weighted by atomic mass is 10.0. The van der Waals surface area contributed by atoms with Crippen LogP contribution in [0.25, 0.3) is 0 Å². The third-order valence-corrected chi connectivity index (χ3v) is 4.15. The number of rotatable bonds is 9. The third-order valence-electron chi connectivity index (χ3n) is 4.15. The van der Waals surface area contributed by atoms with E-state index in [4.69, 9.17) is 10.5 Å². The average Bonchev–Trinajstić information content (AvgIpc) is 2.68. The molecule has 0 unspecified atom stereocenters. The van der Waals surface area contributed by atoms with Crippen LogP contribution in [0.2, 0.25) is 0 Å². The molecule has 0 aliphatic rings. The maximum Gasteiger partial charge on any atom is 0.328 e. The standard InChI is InChI=1S/C21H24N2O4.ClH/c1-27-21(26)18(13-16-10-6-3-7-11-16)23-20(25)14-19(24)17(22)12-15-8-4-2-5-9-15;/h2-11,17-18H,12-14,22H2,1H3,(H,23,25);1H/t17-,18+;/m1./s1. The van der Waals surface area contributed by atoms with Gasteiger partial charge in [0.05, 0.1) is 19.6 Å². The summed E-state index contributed by atoms with van der Waals surface area (Å²) in [7, 11) is 1.26. The van der Waals surface area contributed by atoms with Crippen LogP contribution in [0.1, 0.15) is 17.5 Å². The van der Waals surface area contributed by atoms with Crippen molar-refractivity contribution >= 4 is 30.1 Å². The summed E-state index contributed by atoms with van der Waals surface area (Å²) in [5.74, 6) is -1.48. The topological polar surface area (TPSA) is 98.5 Å². The SMILES string of the molecule is COC(=O)[C@H](Cc1ccccc1)NC(=O)CC(=O)[C@H](N)Cc1ccccc1.Cl. The van der Waals surface area contributed by atoms with Crippen molar-refractivity contribution < 1.29 is 19.1 Å². The molecule has 3 N–H and O–H groups in total. The van der Waals surface area contributed by atoms with Gasteiger partial charge in [-0.15, -0.1) is 12.4 Å². The molecular weight excluding hydrogens is 380 g/mol. The van der Waals surface area contributed by atoms with Gasteiger partial charge in [0, 0.05) is 6.42 Å². The first kappa shape index (κ1) is 23.3. The second kappa shape index (κ2) is 11.9. The van der Waals surface area contributed by atoms with E-state index < -0.39 is 24.0 Å². The van der Waals surface area contributed by atoms with Crippen molar-refractivity contribution in [3.63, 3.8) is 0 Å². The predicted molar refractivity (Wildman–Crippen MR) is 109 cm³/mol. The van der Waals surface area contributed by atoms with E-state index in [9.17, 15) is 14.4 Å². The molecule has 0 aromatic heterocycles. The molecule has 2 aromatic carbocycles. The highest BCUT2D eigenvalue weighted by Crippen LogP contribution is 2.06. The number of benzene rings is 2. The number of esters is 1. The first-order valence-corrected chi connectivity index (χ1v) is 8.73. The van der Waals surface area contributed by atoms with Gasteiger partial charge in [-0.05, 0) is 17.5 Å². The van der Waals surface area contributed by atoms with Crippen molar-refractivity contribution in [2.24, 2.45) is 5.73 Å². The molecule has 0 radical (unpaired) electrons. The van der Waals surface area contributed by atoms with Crippen molar-refractivity contribution in [1.29, 1.82) is 0 Å². The predicted octanol–water partition coefficient (Wildman–Crippen LogP) is 1.84. The van der Waals surface area contributed by atoms with Crippen molar-refractivity contribution in [3.8, 4) is 0 Å². The van der Waals surface area contributed by atoms with E-state index in [0.717, 1.165) is 11.1 Å². The number of Topliss-reactive ketones (excluding diaryl/α,β-unsaturated/α-hetero) is 1. The van der Waals surface area contributed by atoms with Crippen molar-refractivity contribution in [2.75, 3.05) is 7.11 Å². The van der Waals surface area contributed by atoms with E-state index in [2.05, 4.69) is 5.32 Å². The fourth-order valence-electron chi connectivity index (χ4n) is 2.70. The summed E-state index contributed by atoms with van der Waals surface area (Å²) < 4.78 is 4.75. The van der Waals surface area contributed by atoms with Crippen LogP contribution in [0.15, 0.2) is 60.7 Å². The van der Waals surface area contributed by atoms with Gasteiger partial charge in [0.25, 0.3) is 0 Å². The summed E-state index contributed by atoms with van der Waals surface area (Å²) in [6.45, 7) is 0. The Kier molecular flexibility index (Phi) is 9.92. The maximum atomic E-state index is 12.2. The van der Waals surface area contributed by atoms with Gasteiger partial charge in [-0.2, -0.15) is 0 Å². The van der Waals surface area contributed by atoms with Crippen molar-refractivity contribution in [1.82, 2.24) is 5.32 Å². The quantitative estimate of drug-likeness (QED) is 0.490. The summed E-state index contributed by atoms with van der Waals surface area (Å²) in [4.78, 5) is 36.4. The van der Waals surface area contributed by atoms with Gasteiger partial charge >= 0.3 is 5.97 Å². The molecule has 0 heterocycles. The highest BCUT2D eigenvalue weighted by molar-refractivity contribution is 6.01. The minimum atomic E-state index is -0.858. The summed E-state index contributed by atoms with van der Waals surface area (Å²) in [6.07, 6.45) is 0.261. The van der Waals surface area contributed by atoms with Gasteiger partial charge in [0.2, 0.25) is 5.91 Å². The van der Waals surface area contributed by atoms with Crippen LogP contribution < -0.4 is 11.1 Å². The molecule has 0 bridgehead atoms. The summed E-state index contributed by atoms with van der Waals surface area (Å²) in [5, 5.41) is 2.58. The Hall–Kier alpha value is -2.70. The van der Waals surface area contributed by atoms with Crippen LogP contribution in [0.4, 0.5) is 0 Å². The molecule has 2 aromatic rings. The Morgan fingerprint density at radius 2 is 1.43 bits per heavy atom. The lowest BCUT2D eigenvalue weighted by Crippen LogP contribution is -2.45. The van der Waals surface area contributed by atoms with E-state index in [-0.39, 0.29) is 31.0 Å². The van der Waals surface area contributed by atoms with Gasteiger partial charge in [0.1, 0.15) is 6.04 Å². The highest BCUT2D eigenvalue weighted by Gasteiger charge is 2.24. The third kappa shape index (κ3) is 7.50. The average molecular weight is 405 g/mol. The molecule has 7 heteroatoms. The minimum Gasteiger partial charge on any atom is -0.467 e. The number of halogens is 1. The zero-order valence-corrected chi connectivity index (χ0v) is 16.5. The van der Waals surface area contributed by atoms with E-state index in [1.807, 2.05) is 60.7 Å². The molecule has 2 atom stereocenters. The summed E-state index contributed by atoms with van der Waals surface area (Å²) >= 11 is 0. The minimum absolute atomic E-state index is 0. The fraction of sp³-hybridized carbons (Fsp3) is 0.286. The smallest absolute Gasteiger partial charge is 0.328 e. The Bertz CT molecular complexity index is 768. The number of methoxy groups -OCH3 is 1. The largest absolute Gasteiger partial charge is 0.467 e. The molecule has 0 aliphatic heterocycles. The van der Waals surface area contributed by atoms with Gasteiger partial charge in [0.15, 0.2) is 5.78 Å². The number of ketones is 1. The van der Waals surface area contributed by atoms with Crippen LogP contribution in [-0.2, 0) is 32.0 Å². The molecule has 0 saturated heterocycles. The molecule has 0 fully saturated rings. The van der Waals surface area contributed by atoms with Crippen LogP contribution in [0, 0.1) is 0 Å². The normalized spacial score (nSPS) is 12.2. The van der Waals surface area contributed by atoms with Crippen LogP contribution in [-0.4, -0.2) is 36.9 Å². The Morgan fingerprint density at radius 3 is 1.93 bits per heavy atom. The Morgan fingerprint density at radius 1 is 0.929 bits per heavy atom. The second-order valence-corrected chi connectivity index (χ2v) is 6.27. The fourth-order valence-corrected chi connectivity index (χ4v) is 2.70. The van der Waals surface area contributed by atoms with Crippen molar-refractivity contribution in [3.05, 3.63) is 71.8 Å². The molecule has 0 aliphatic carbocycles. The van der Waals surface area contributed by atoms with Crippen LogP contribution >= 0.6 is 12.4 Å². The second-order valence-electron chi connectivity index (χ2n) is 6.27. The Balaban J connectivity index is 0.00000392. The monoisotopic (exact) mass is 404 g/mol. The van der Waals surface area contributed by atoms with E-state index >= 15 is 0 Å². The van der Waals surface area contributed by atoms with E-state index in [1.165, 1.54) is 7.11 Å². The lowest BCUT2D eigenvalue weighted by Gasteiger charge is -2.17. The molecular formula is C21H25ClN2O4. The lowest BCUT2D eigenvalue weighted by molar-refractivity contribution is -0.145. The molecule has 28 heavy (non-hydrogen) atoms. The highest BCUT2D eigenvalue weighted by atomic mass is 35.5. The number of amides is 1. The maximum absolute atomic E-state index is 12.2. The van der Waals surface area contributed by atoms with Gasteiger partial charge < -0.3 is 15.8 Å². The molecule has 150 valence electrons.